The number of para-hydroxylation sites is 1. The minimum atomic E-state index is -0.499. The van der Waals surface area contributed by atoms with Crippen molar-refractivity contribution in [2.75, 3.05) is 12.4 Å². The Morgan fingerprint density at radius 1 is 1.00 bits per heavy atom. The van der Waals surface area contributed by atoms with Gasteiger partial charge in [-0.2, -0.15) is 0 Å². The van der Waals surface area contributed by atoms with Crippen LogP contribution in [0.1, 0.15) is 34.6 Å². The molecule has 0 radical (unpaired) electrons. The van der Waals surface area contributed by atoms with E-state index in [0.717, 1.165) is 0 Å². The minimum Gasteiger partial charge on any atom is -0.491 e. The fraction of sp³-hybridized carbons (Fsp3) is 0.222. The summed E-state index contributed by atoms with van der Waals surface area (Å²) < 4.78 is 10.2. The lowest BCUT2D eigenvalue weighted by molar-refractivity contribution is 0.0602. The Kier molecular flexibility index (Phi) is 5.36. The molecule has 2 rings (SSSR count). The molecule has 0 spiro atoms. The normalized spacial score (nSPS) is 10.3. The third kappa shape index (κ3) is 4.32. The van der Waals surface area contributed by atoms with Crippen LogP contribution in [0.5, 0.6) is 5.75 Å². The van der Waals surface area contributed by atoms with E-state index in [4.69, 9.17) is 9.47 Å². The Labute approximate surface area is 135 Å². The van der Waals surface area contributed by atoms with Crippen LogP contribution < -0.4 is 10.1 Å². The van der Waals surface area contributed by atoms with Gasteiger partial charge in [-0.05, 0) is 50.2 Å². The third-order valence-corrected chi connectivity index (χ3v) is 3.07. The van der Waals surface area contributed by atoms with Crippen molar-refractivity contribution in [2.24, 2.45) is 0 Å². The molecule has 120 valence electrons. The average Bonchev–Trinajstić information content (AvgIpc) is 2.54. The molecule has 0 fully saturated rings. The van der Waals surface area contributed by atoms with Crippen molar-refractivity contribution in [3.63, 3.8) is 0 Å². The fourth-order valence-electron chi connectivity index (χ4n) is 2.03. The largest absolute Gasteiger partial charge is 0.491 e. The molecule has 0 atom stereocenters. The number of benzene rings is 2. The van der Waals surface area contributed by atoms with Gasteiger partial charge in [0.05, 0.1) is 24.5 Å². The van der Waals surface area contributed by atoms with Gasteiger partial charge < -0.3 is 14.8 Å². The number of carbonyl (C=O) groups is 2. The Balaban J connectivity index is 2.15. The number of amides is 1. The highest BCUT2D eigenvalue weighted by atomic mass is 16.5. The van der Waals surface area contributed by atoms with Crippen LogP contribution in [0, 0.1) is 0 Å². The molecule has 0 unspecified atom stereocenters. The molecule has 0 aromatic heterocycles. The highest BCUT2D eigenvalue weighted by Gasteiger charge is 2.14. The van der Waals surface area contributed by atoms with Crippen molar-refractivity contribution in [2.45, 2.75) is 20.0 Å². The molecule has 0 saturated carbocycles. The Bertz CT molecular complexity index is 692. The second-order valence-electron chi connectivity index (χ2n) is 5.18. The summed E-state index contributed by atoms with van der Waals surface area (Å²) in [6.07, 6.45) is 0.0709. The maximum absolute atomic E-state index is 12.3. The molecule has 0 aliphatic rings. The number of hydrogen-bond donors (Lipinski definition) is 1. The molecule has 0 aliphatic heterocycles. The van der Waals surface area contributed by atoms with Gasteiger partial charge >= 0.3 is 5.97 Å². The third-order valence-electron chi connectivity index (χ3n) is 3.07. The van der Waals surface area contributed by atoms with Crippen LogP contribution in [0.4, 0.5) is 5.69 Å². The van der Waals surface area contributed by atoms with Gasteiger partial charge in [-0.3, -0.25) is 4.79 Å². The van der Waals surface area contributed by atoms with E-state index in [9.17, 15) is 9.59 Å². The number of anilines is 1. The predicted molar refractivity (Wildman–Crippen MR) is 87.9 cm³/mol. The maximum atomic E-state index is 12.3. The second-order valence-corrected chi connectivity index (χ2v) is 5.18. The molecule has 0 saturated heterocycles. The number of ether oxygens (including phenoxy) is 2. The quantitative estimate of drug-likeness (QED) is 0.858. The SMILES string of the molecule is COC(=O)c1ccccc1NC(=O)c1ccc(OC(C)C)cc1. The summed E-state index contributed by atoms with van der Waals surface area (Å²) in [5.41, 5.74) is 1.19. The second kappa shape index (κ2) is 7.45. The summed E-state index contributed by atoms with van der Waals surface area (Å²) in [5.74, 6) is -0.106. The van der Waals surface area contributed by atoms with E-state index in [2.05, 4.69) is 5.32 Å². The zero-order chi connectivity index (χ0) is 16.8. The minimum absolute atomic E-state index is 0.0709. The van der Waals surface area contributed by atoms with Crippen molar-refractivity contribution >= 4 is 17.6 Å². The van der Waals surface area contributed by atoms with Gasteiger partial charge in [0.2, 0.25) is 0 Å². The van der Waals surface area contributed by atoms with Crippen molar-refractivity contribution in [3.8, 4) is 5.75 Å². The van der Waals surface area contributed by atoms with Crippen LogP contribution in [0.2, 0.25) is 0 Å². The number of methoxy groups -OCH3 is 1. The number of rotatable bonds is 5. The van der Waals surface area contributed by atoms with Gasteiger partial charge in [0, 0.05) is 5.56 Å². The van der Waals surface area contributed by atoms with Gasteiger partial charge in [0.25, 0.3) is 5.91 Å². The maximum Gasteiger partial charge on any atom is 0.339 e. The fourth-order valence-corrected chi connectivity index (χ4v) is 2.03. The number of hydrogen-bond acceptors (Lipinski definition) is 4. The molecule has 5 heteroatoms. The summed E-state index contributed by atoms with van der Waals surface area (Å²) in [6.45, 7) is 3.87. The van der Waals surface area contributed by atoms with Crippen molar-refractivity contribution in [1.29, 1.82) is 0 Å². The number of nitrogens with one attached hydrogen (secondary N) is 1. The van der Waals surface area contributed by atoms with Crippen molar-refractivity contribution in [1.82, 2.24) is 0 Å². The lowest BCUT2D eigenvalue weighted by Crippen LogP contribution is -2.15. The van der Waals surface area contributed by atoms with Crippen LogP contribution in [0.3, 0.4) is 0 Å². The lowest BCUT2D eigenvalue weighted by atomic mass is 10.1. The molecule has 1 N–H and O–H groups in total. The standard InChI is InChI=1S/C18H19NO4/c1-12(2)23-14-10-8-13(9-11-14)17(20)19-16-7-5-4-6-15(16)18(21)22-3/h4-12H,1-3H3,(H,19,20). The molecule has 5 nitrogen and oxygen atoms in total. The van der Waals surface area contributed by atoms with Gasteiger partial charge in [0.15, 0.2) is 0 Å². The first-order chi connectivity index (χ1) is 11.0. The number of esters is 1. The monoisotopic (exact) mass is 313 g/mol. The molecular weight excluding hydrogens is 294 g/mol. The highest BCUT2D eigenvalue weighted by Crippen LogP contribution is 2.19. The molecule has 2 aromatic carbocycles. The van der Waals surface area contributed by atoms with Crippen LogP contribution in [0.15, 0.2) is 48.5 Å². The first kappa shape index (κ1) is 16.5. The Morgan fingerprint density at radius 3 is 2.26 bits per heavy atom. The van der Waals surface area contributed by atoms with Gasteiger partial charge in [-0.1, -0.05) is 12.1 Å². The highest BCUT2D eigenvalue weighted by molar-refractivity contribution is 6.08. The molecule has 2 aromatic rings. The lowest BCUT2D eigenvalue weighted by Gasteiger charge is -2.11. The molecule has 0 aliphatic carbocycles. The molecule has 0 bridgehead atoms. The van der Waals surface area contributed by atoms with Gasteiger partial charge in [0.1, 0.15) is 5.75 Å². The van der Waals surface area contributed by atoms with Crippen LogP contribution in [-0.2, 0) is 4.74 Å². The zero-order valence-electron chi connectivity index (χ0n) is 13.3. The number of carbonyl (C=O) groups excluding carboxylic acids is 2. The summed E-state index contributed by atoms with van der Waals surface area (Å²) in [7, 11) is 1.30. The first-order valence-electron chi connectivity index (χ1n) is 7.26. The van der Waals surface area contributed by atoms with E-state index in [1.165, 1.54) is 7.11 Å². The van der Waals surface area contributed by atoms with E-state index < -0.39 is 5.97 Å². The van der Waals surface area contributed by atoms with Crippen LogP contribution >= 0.6 is 0 Å². The van der Waals surface area contributed by atoms with Crippen molar-refractivity contribution in [3.05, 3.63) is 59.7 Å². The van der Waals surface area contributed by atoms with E-state index in [1.54, 1.807) is 48.5 Å². The van der Waals surface area contributed by atoms with E-state index in [1.807, 2.05) is 13.8 Å². The molecule has 1 amide bonds. The van der Waals surface area contributed by atoms with Crippen LogP contribution in [-0.4, -0.2) is 25.1 Å². The predicted octanol–water partition coefficient (Wildman–Crippen LogP) is 3.51. The summed E-state index contributed by atoms with van der Waals surface area (Å²) >= 11 is 0. The van der Waals surface area contributed by atoms with E-state index in [-0.39, 0.29) is 12.0 Å². The van der Waals surface area contributed by atoms with Gasteiger partial charge in [-0.15, -0.1) is 0 Å². The Hall–Kier alpha value is -2.82. The van der Waals surface area contributed by atoms with Crippen LogP contribution in [0.25, 0.3) is 0 Å². The molecular formula is C18H19NO4. The van der Waals surface area contributed by atoms with Crippen molar-refractivity contribution < 1.29 is 19.1 Å². The average molecular weight is 313 g/mol. The van der Waals surface area contributed by atoms with Gasteiger partial charge in [-0.25, -0.2) is 4.79 Å². The summed E-state index contributed by atoms with van der Waals surface area (Å²) in [4.78, 5) is 24.0. The Morgan fingerprint density at radius 2 is 1.65 bits per heavy atom. The zero-order valence-corrected chi connectivity index (χ0v) is 13.3. The summed E-state index contributed by atoms with van der Waals surface area (Å²) in [6, 6.07) is 13.5. The first-order valence-corrected chi connectivity index (χ1v) is 7.26. The smallest absolute Gasteiger partial charge is 0.339 e. The van der Waals surface area contributed by atoms with E-state index >= 15 is 0 Å². The topological polar surface area (TPSA) is 64.6 Å². The molecule has 0 heterocycles. The van der Waals surface area contributed by atoms with E-state index in [0.29, 0.717) is 22.6 Å². The molecule has 23 heavy (non-hydrogen) atoms. The summed E-state index contributed by atoms with van der Waals surface area (Å²) in [5, 5.41) is 2.72.